The Labute approximate surface area is 162 Å². The molecule has 0 saturated carbocycles. The lowest BCUT2D eigenvalue weighted by Gasteiger charge is -2.30. The van der Waals surface area contributed by atoms with Crippen LogP contribution >= 0.6 is 11.6 Å². The van der Waals surface area contributed by atoms with Crippen LogP contribution in [0.2, 0.25) is 5.02 Å². The number of aromatic nitrogens is 2. The normalized spacial score (nSPS) is 14.9. The Hall–Kier alpha value is -2.86. The molecule has 1 aliphatic rings. The van der Waals surface area contributed by atoms with Crippen LogP contribution in [0.25, 0.3) is 11.4 Å². The van der Waals surface area contributed by atoms with E-state index in [1.807, 2.05) is 47.4 Å². The number of nitrogens with one attached hydrogen (secondary N) is 1. The van der Waals surface area contributed by atoms with E-state index in [2.05, 4.69) is 15.5 Å². The van der Waals surface area contributed by atoms with Gasteiger partial charge in [-0.2, -0.15) is 4.98 Å². The van der Waals surface area contributed by atoms with E-state index in [0.29, 0.717) is 29.8 Å². The Morgan fingerprint density at radius 1 is 1.07 bits per heavy atom. The molecule has 4 rings (SSSR count). The van der Waals surface area contributed by atoms with Gasteiger partial charge in [-0.1, -0.05) is 35.0 Å². The molecule has 2 amide bonds. The van der Waals surface area contributed by atoms with Gasteiger partial charge in [-0.25, -0.2) is 4.79 Å². The van der Waals surface area contributed by atoms with Gasteiger partial charge >= 0.3 is 6.03 Å². The number of para-hydroxylation sites is 1. The van der Waals surface area contributed by atoms with E-state index >= 15 is 0 Å². The van der Waals surface area contributed by atoms with Gasteiger partial charge in [0, 0.05) is 35.3 Å². The summed E-state index contributed by atoms with van der Waals surface area (Å²) in [5, 5.41) is 7.67. The first-order chi connectivity index (χ1) is 13.2. The number of carbonyl (C=O) groups excluding carboxylic acids is 1. The Morgan fingerprint density at radius 2 is 1.78 bits per heavy atom. The highest BCUT2D eigenvalue weighted by Gasteiger charge is 2.27. The summed E-state index contributed by atoms with van der Waals surface area (Å²) >= 11 is 5.91. The van der Waals surface area contributed by atoms with Crippen molar-refractivity contribution >= 4 is 23.3 Å². The van der Waals surface area contributed by atoms with E-state index in [0.717, 1.165) is 24.1 Å². The number of carbonyl (C=O) groups is 1. The molecule has 27 heavy (non-hydrogen) atoms. The molecule has 1 fully saturated rings. The molecule has 0 radical (unpaired) electrons. The Kier molecular flexibility index (Phi) is 5.07. The number of urea groups is 1. The van der Waals surface area contributed by atoms with Crippen LogP contribution in [-0.2, 0) is 0 Å². The summed E-state index contributed by atoms with van der Waals surface area (Å²) in [6.07, 6.45) is 1.59. The van der Waals surface area contributed by atoms with E-state index in [9.17, 15) is 4.79 Å². The van der Waals surface area contributed by atoms with Gasteiger partial charge in [0.25, 0.3) is 0 Å². The predicted molar refractivity (Wildman–Crippen MR) is 104 cm³/mol. The molecule has 3 aromatic rings. The summed E-state index contributed by atoms with van der Waals surface area (Å²) in [6.45, 7) is 1.31. The van der Waals surface area contributed by atoms with Crippen molar-refractivity contribution in [3.8, 4) is 11.4 Å². The van der Waals surface area contributed by atoms with Crippen LogP contribution in [0.1, 0.15) is 24.7 Å². The Morgan fingerprint density at radius 3 is 2.48 bits per heavy atom. The second-order valence-electron chi connectivity index (χ2n) is 6.52. The molecule has 138 valence electrons. The lowest BCUT2D eigenvalue weighted by atomic mass is 9.97. The SMILES string of the molecule is O=C(Nc1ccccc1)N1CCC(c2nc(-c3ccc(Cl)cc3)no2)CC1. The van der Waals surface area contributed by atoms with Crippen LogP contribution in [0, 0.1) is 0 Å². The molecule has 0 aliphatic carbocycles. The van der Waals surface area contributed by atoms with Crippen LogP contribution in [-0.4, -0.2) is 34.2 Å². The van der Waals surface area contributed by atoms with E-state index < -0.39 is 0 Å². The fourth-order valence-corrected chi connectivity index (χ4v) is 3.30. The maximum atomic E-state index is 12.4. The van der Waals surface area contributed by atoms with E-state index in [4.69, 9.17) is 16.1 Å². The molecular formula is C20H19ClN4O2. The fourth-order valence-electron chi connectivity index (χ4n) is 3.17. The molecule has 1 N–H and O–H groups in total. The topological polar surface area (TPSA) is 71.3 Å². The largest absolute Gasteiger partial charge is 0.339 e. The molecule has 0 bridgehead atoms. The van der Waals surface area contributed by atoms with Gasteiger partial charge in [0.05, 0.1) is 0 Å². The number of nitrogens with zero attached hydrogens (tertiary/aromatic N) is 3. The molecule has 7 heteroatoms. The summed E-state index contributed by atoms with van der Waals surface area (Å²) in [5.74, 6) is 1.35. The molecule has 0 spiro atoms. The van der Waals surface area contributed by atoms with Gasteiger partial charge in [-0.15, -0.1) is 0 Å². The van der Waals surface area contributed by atoms with Crippen molar-refractivity contribution in [3.05, 3.63) is 65.5 Å². The van der Waals surface area contributed by atoms with Gasteiger partial charge in [0.1, 0.15) is 0 Å². The number of likely N-dealkylation sites (tertiary alicyclic amines) is 1. The highest BCUT2D eigenvalue weighted by molar-refractivity contribution is 6.30. The smallest absolute Gasteiger partial charge is 0.321 e. The van der Waals surface area contributed by atoms with Crippen LogP contribution in [0.5, 0.6) is 0 Å². The number of halogens is 1. The van der Waals surface area contributed by atoms with Crippen molar-refractivity contribution in [1.29, 1.82) is 0 Å². The third-order valence-corrected chi connectivity index (χ3v) is 4.95. The van der Waals surface area contributed by atoms with Crippen molar-refractivity contribution in [2.24, 2.45) is 0 Å². The fraction of sp³-hybridized carbons (Fsp3) is 0.250. The summed E-state index contributed by atoms with van der Waals surface area (Å²) < 4.78 is 5.47. The van der Waals surface area contributed by atoms with Crippen molar-refractivity contribution < 1.29 is 9.32 Å². The minimum atomic E-state index is -0.0768. The standard InChI is InChI=1S/C20H19ClN4O2/c21-16-8-6-14(7-9-16)18-23-19(27-24-18)15-10-12-25(13-11-15)20(26)22-17-4-2-1-3-5-17/h1-9,15H,10-13H2,(H,22,26). The third kappa shape index (κ3) is 4.11. The van der Waals surface area contributed by atoms with Crippen molar-refractivity contribution in [2.75, 3.05) is 18.4 Å². The van der Waals surface area contributed by atoms with E-state index in [1.165, 1.54) is 0 Å². The third-order valence-electron chi connectivity index (χ3n) is 4.70. The monoisotopic (exact) mass is 382 g/mol. The van der Waals surface area contributed by atoms with Gasteiger partial charge in [-0.3, -0.25) is 0 Å². The lowest BCUT2D eigenvalue weighted by molar-refractivity contribution is 0.187. The van der Waals surface area contributed by atoms with Crippen LogP contribution in [0.4, 0.5) is 10.5 Å². The number of benzene rings is 2. The first-order valence-electron chi connectivity index (χ1n) is 8.89. The van der Waals surface area contributed by atoms with Crippen molar-refractivity contribution in [1.82, 2.24) is 15.0 Å². The molecule has 2 aromatic carbocycles. The van der Waals surface area contributed by atoms with Crippen LogP contribution in [0.3, 0.4) is 0 Å². The van der Waals surface area contributed by atoms with E-state index in [-0.39, 0.29) is 11.9 Å². The summed E-state index contributed by atoms with van der Waals surface area (Å²) in [6, 6.07) is 16.7. The molecule has 1 aromatic heterocycles. The second-order valence-corrected chi connectivity index (χ2v) is 6.96. The van der Waals surface area contributed by atoms with Crippen LogP contribution < -0.4 is 5.32 Å². The number of amides is 2. The minimum Gasteiger partial charge on any atom is -0.339 e. The predicted octanol–water partition coefficient (Wildman–Crippen LogP) is 4.80. The Balaban J connectivity index is 1.35. The maximum Gasteiger partial charge on any atom is 0.321 e. The number of anilines is 1. The van der Waals surface area contributed by atoms with Crippen molar-refractivity contribution in [2.45, 2.75) is 18.8 Å². The number of piperidine rings is 1. The lowest BCUT2D eigenvalue weighted by Crippen LogP contribution is -2.40. The average Bonchev–Trinajstić information content (AvgIpc) is 3.20. The zero-order chi connectivity index (χ0) is 18.6. The highest BCUT2D eigenvalue weighted by Crippen LogP contribution is 2.29. The van der Waals surface area contributed by atoms with Gasteiger partial charge in [-0.05, 0) is 49.2 Å². The van der Waals surface area contributed by atoms with Gasteiger partial charge < -0.3 is 14.7 Å². The van der Waals surface area contributed by atoms with Crippen LogP contribution in [0.15, 0.2) is 59.1 Å². The first kappa shape index (κ1) is 17.5. The molecule has 0 atom stereocenters. The van der Waals surface area contributed by atoms with Gasteiger partial charge in [0.15, 0.2) is 0 Å². The molecule has 1 aliphatic heterocycles. The van der Waals surface area contributed by atoms with Gasteiger partial charge in [0.2, 0.25) is 11.7 Å². The summed E-state index contributed by atoms with van der Waals surface area (Å²) in [4.78, 5) is 18.7. The average molecular weight is 383 g/mol. The van der Waals surface area contributed by atoms with E-state index in [1.54, 1.807) is 12.1 Å². The first-order valence-corrected chi connectivity index (χ1v) is 9.27. The summed E-state index contributed by atoms with van der Waals surface area (Å²) in [7, 11) is 0. The Bertz CT molecular complexity index is 903. The molecule has 1 saturated heterocycles. The zero-order valence-corrected chi connectivity index (χ0v) is 15.4. The zero-order valence-electron chi connectivity index (χ0n) is 14.6. The second kappa shape index (κ2) is 7.80. The molecular weight excluding hydrogens is 364 g/mol. The molecule has 2 heterocycles. The minimum absolute atomic E-state index is 0.0768. The molecule has 6 nitrogen and oxygen atoms in total. The molecule has 0 unspecified atom stereocenters. The quantitative estimate of drug-likeness (QED) is 0.706. The highest BCUT2D eigenvalue weighted by atomic mass is 35.5. The summed E-state index contributed by atoms with van der Waals surface area (Å²) in [5.41, 5.74) is 1.67. The number of hydrogen-bond acceptors (Lipinski definition) is 4. The number of rotatable bonds is 3. The number of hydrogen-bond donors (Lipinski definition) is 1. The van der Waals surface area contributed by atoms with Crippen molar-refractivity contribution in [3.63, 3.8) is 0 Å². The maximum absolute atomic E-state index is 12.4.